The Morgan fingerprint density at radius 3 is 1.65 bits per heavy atom. The first-order chi connectivity index (χ1) is 19.1. The van der Waals surface area contributed by atoms with Gasteiger partial charge in [-0.05, 0) is 6.42 Å². The summed E-state index contributed by atoms with van der Waals surface area (Å²) in [5.74, 6) is -0.672. The van der Waals surface area contributed by atoms with Gasteiger partial charge in [0.05, 0.1) is 12.6 Å². The molecule has 12 heteroatoms. The highest BCUT2D eigenvalue weighted by Crippen LogP contribution is 2.30. The summed E-state index contributed by atoms with van der Waals surface area (Å²) in [5, 5.41) is 71.1. The van der Waals surface area contributed by atoms with Crippen molar-refractivity contribution in [1.82, 2.24) is 0 Å². The molecule has 9 N–H and O–H groups in total. The summed E-state index contributed by atoms with van der Waals surface area (Å²) < 4.78 is 16.4. The second kappa shape index (κ2) is 18.6. The molecule has 1 saturated heterocycles. The minimum Gasteiger partial charge on any atom is -0.457 e. The molecule has 12 nitrogen and oxygen atoms in total. The van der Waals surface area contributed by atoms with E-state index in [4.69, 9.17) is 19.9 Å². The Kier molecular flexibility index (Phi) is 16.4. The van der Waals surface area contributed by atoms with Crippen molar-refractivity contribution < 1.29 is 54.8 Å². The highest BCUT2D eigenvalue weighted by atomic mass is 16.7. The van der Waals surface area contributed by atoms with Crippen LogP contribution in [0, 0.1) is 0 Å². The first-order valence-electron chi connectivity index (χ1n) is 15.1. The van der Waals surface area contributed by atoms with Gasteiger partial charge in [0, 0.05) is 6.42 Å². The number of hydrogen-bond donors (Lipinski definition) is 8. The molecule has 11 atom stereocenters. The van der Waals surface area contributed by atoms with E-state index in [1.54, 1.807) is 0 Å². The summed E-state index contributed by atoms with van der Waals surface area (Å²) >= 11 is 0. The summed E-state index contributed by atoms with van der Waals surface area (Å²) in [6.07, 6.45) is -1.17. The maximum absolute atomic E-state index is 12.6. The second-order valence-electron chi connectivity index (χ2n) is 11.3. The number of carbonyl (C=O) groups is 1. The lowest BCUT2D eigenvalue weighted by atomic mass is 9.84. The van der Waals surface area contributed by atoms with Gasteiger partial charge < -0.3 is 55.7 Å². The molecule has 236 valence electrons. The van der Waals surface area contributed by atoms with Gasteiger partial charge >= 0.3 is 5.97 Å². The lowest BCUT2D eigenvalue weighted by molar-refractivity contribution is -0.318. The molecule has 0 amide bonds. The molecule has 1 aliphatic heterocycles. The van der Waals surface area contributed by atoms with Crippen molar-refractivity contribution in [2.45, 2.75) is 164 Å². The van der Waals surface area contributed by atoms with Crippen LogP contribution >= 0.6 is 0 Å². The zero-order valence-electron chi connectivity index (χ0n) is 23.8. The van der Waals surface area contributed by atoms with E-state index in [0.29, 0.717) is 6.42 Å². The van der Waals surface area contributed by atoms with Crippen molar-refractivity contribution in [3.05, 3.63) is 0 Å². The van der Waals surface area contributed by atoms with Crippen LogP contribution in [-0.2, 0) is 19.0 Å². The molecule has 2 aliphatic rings. The summed E-state index contributed by atoms with van der Waals surface area (Å²) in [7, 11) is 0. The average Bonchev–Trinajstić information content (AvgIpc) is 2.94. The summed E-state index contributed by atoms with van der Waals surface area (Å²) in [4.78, 5) is 12.6. The van der Waals surface area contributed by atoms with E-state index in [1.165, 1.54) is 57.8 Å². The minimum atomic E-state index is -1.83. The Hall–Kier alpha value is -0.930. The molecule has 1 aliphatic carbocycles. The van der Waals surface area contributed by atoms with E-state index < -0.39 is 79.8 Å². The fourth-order valence-electron chi connectivity index (χ4n) is 5.35. The lowest BCUT2D eigenvalue weighted by Crippen LogP contribution is -2.68. The maximum atomic E-state index is 12.6. The van der Waals surface area contributed by atoms with Gasteiger partial charge in [-0.1, -0.05) is 84.0 Å². The highest BCUT2D eigenvalue weighted by molar-refractivity contribution is 5.69. The number of hydrogen-bond acceptors (Lipinski definition) is 12. The topological polar surface area (TPSA) is 212 Å². The Labute approximate surface area is 237 Å². The number of carbonyl (C=O) groups excluding carboxylic acids is 1. The SMILES string of the molecule is CCCCCCCCCCCCCCCC(=O)O[C@H]1[C@H](O)[C@@H](O)[C@@H](O)[C@@H](O)[C@@H]1O[C@H]1O[C@H](CO)[C@@H](O)[C@H](O)[C@H]1N. The molecule has 0 aromatic carbocycles. The highest BCUT2D eigenvalue weighted by Gasteiger charge is 2.54. The first-order valence-corrected chi connectivity index (χ1v) is 15.1. The van der Waals surface area contributed by atoms with Gasteiger partial charge in [-0.25, -0.2) is 0 Å². The lowest BCUT2D eigenvalue weighted by Gasteiger charge is -2.47. The Bertz CT molecular complexity index is 699. The zero-order chi connectivity index (χ0) is 29.7. The molecule has 0 unspecified atom stereocenters. The van der Waals surface area contributed by atoms with Gasteiger partial charge in [-0.3, -0.25) is 4.79 Å². The largest absolute Gasteiger partial charge is 0.457 e. The summed E-state index contributed by atoms with van der Waals surface area (Å²) in [6, 6.07) is -1.33. The standard InChI is InChI=1S/C28H53NO11/c1-2-3-4-5-6-7-8-9-10-11-12-13-14-15-18(31)39-26-24(36)22(34)23(35)25(37)27(26)40-28-19(29)21(33)20(32)17(16-30)38-28/h17,19-28,30,32-37H,2-16,29H2,1H3/t17-,19-,20-,21-,22+,23-,24-,25-,26+,27+,28-/m1/s1. The average molecular weight is 580 g/mol. The number of ether oxygens (including phenoxy) is 3. The van der Waals surface area contributed by atoms with Gasteiger partial charge in [0.25, 0.3) is 0 Å². The molecule has 1 heterocycles. The van der Waals surface area contributed by atoms with E-state index in [2.05, 4.69) is 6.92 Å². The van der Waals surface area contributed by atoms with Crippen LogP contribution in [0.4, 0.5) is 0 Å². The van der Waals surface area contributed by atoms with Crippen LogP contribution in [0.3, 0.4) is 0 Å². The number of aliphatic hydroxyl groups excluding tert-OH is 7. The van der Waals surface area contributed by atoms with Crippen molar-refractivity contribution >= 4 is 5.97 Å². The van der Waals surface area contributed by atoms with Crippen molar-refractivity contribution in [3.63, 3.8) is 0 Å². The second-order valence-corrected chi connectivity index (χ2v) is 11.3. The van der Waals surface area contributed by atoms with Gasteiger partial charge in [0.1, 0.15) is 48.8 Å². The Morgan fingerprint density at radius 2 is 1.15 bits per heavy atom. The quantitative estimate of drug-likeness (QED) is 0.0795. The normalized spacial score (nSPS) is 36.5. The smallest absolute Gasteiger partial charge is 0.306 e. The molecule has 0 aromatic rings. The third-order valence-corrected chi connectivity index (χ3v) is 8.02. The number of esters is 1. The van der Waals surface area contributed by atoms with Gasteiger partial charge in [0.15, 0.2) is 12.4 Å². The third kappa shape index (κ3) is 10.4. The van der Waals surface area contributed by atoms with E-state index in [9.17, 15) is 40.5 Å². The third-order valence-electron chi connectivity index (χ3n) is 8.02. The van der Waals surface area contributed by atoms with Crippen molar-refractivity contribution in [2.24, 2.45) is 5.73 Å². The van der Waals surface area contributed by atoms with Crippen LogP contribution < -0.4 is 5.73 Å². The fraction of sp³-hybridized carbons (Fsp3) is 0.964. The molecular weight excluding hydrogens is 526 g/mol. The predicted molar refractivity (Wildman–Crippen MR) is 145 cm³/mol. The summed E-state index contributed by atoms with van der Waals surface area (Å²) in [6.45, 7) is 1.55. The zero-order valence-corrected chi connectivity index (χ0v) is 23.8. The minimum absolute atomic E-state index is 0.0549. The fourth-order valence-corrected chi connectivity index (χ4v) is 5.35. The van der Waals surface area contributed by atoms with Crippen LogP contribution in [0.15, 0.2) is 0 Å². The molecule has 2 fully saturated rings. The summed E-state index contributed by atoms with van der Waals surface area (Å²) in [5.41, 5.74) is 5.89. The van der Waals surface area contributed by atoms with Crippen molar-refractivity contribution in [3.8, 4) is 0 Å². The van der Waals surface area contributed by atoms with E-state index in [0.717, 1.165) is 19.3 Å². The van der Waals surface area contributed by atoms with E-state index in [-0.39, 0.29) is 6.42 Å². The Morgan fingerprint density at radius 1 is 0.675 bits per heavy atom. The molecule has 40 heavy (non-hydrogen) atoms. The number of nitrogens with two attached hydrogens (primary N) is 1. The number of aliphatic hydroxyl groups is 7. The molecule has 2 rings (SSSR count). The van der Waals surface area contributed by atoms with E-state index in [1.807, 2.05) is 0 Å². The molecule has 0 bridgehead atoms. The van der Waals surface area contributed by atoms with Crippen molar-refractivity contribution in [2.75, 3.05) is 6.61 Å². The van der Waals surface area contributed by atoms with E-state index >= 15 is 0 Å². The van der Waals surface area contributed by atoms with Crippen molar-refractivity contribution in [1.29, 1.82) is 0 Å². The Balaban J connectivity index is 1.78. The molecular formula is C28H53NO11. The van der Waals surface area contributed by atoms with Gasteiger partial charge in [-0.15, -0.1) is 0 Å². The first kappa shape index (κ1) is 35.3. The predicted octanol–water partition coefficient (Wildman–Crippen LogP) is -0.0118. The molecule has 1 saturated carbocycles. The van der Waals surface area contributed by atoms with Crippen LogP contribution in [0.1, 0.15) is 96.8 Å². The molecule has 0 spiro atoms. The van der Waals surface area contributed by atoms with Crippen LogP contribution in [0.25, 0.3) is 0 Å². The van der Waals surface area contributed by atoms with Crippen LogP contribution in [0.5, 0.6) is 0 Å². The molecule has 0 aromatic heterocycles. The maximum Gasteiger partial charge on any atom is 0.306 e. The number of unbranched alkanes of at least 4 members (excludes halogenated alkanes) is 12. The van der Waals surface area contributed by atoms with Gasteiger partial charge in [-0.2, -0.15) is 0 Å². The van der Waals surface area contributed by atoms with Crippen LogP contribution in [-0.4, -0.2) is 116 Å². The van der Waals surface area contributed by atoms with Gasteiger partial charge in [0.2, 0.25) is 0 Å². The monoisotopic (exact) mass is 579 g/mol. The number of rotatable bonds is 18. The van der Waals surface area contributed by atoms with Crippen LogP contribution in [0.2, 0.25) is 0 Å². The molecule has 0 radical (unpaired) electrons.